The van der Waals surface area contributed by atoms with E-state index < -0.39 is 6.43 Å². The number of piperidine rings is 1. The van der Waals surface area contributed by atoms with Gasteiger partial charge in [0.2, 0.25) is 0 Å². The van der Waals surface area contributed by atoms with Crippen molar-refractivity contribution in [3.05, 3.63) is 29.8 Å². The van der Waals surface area contributed by atoms with Crippen molar-refractivity contribution < 1.29 is 8.78 Å². The Morgan fingerprint density at radius 2 is 2.18 bits per heavy atom. The van der Waals surface area contributed by atoms with Crippen molar-refractivity contribution in [2.24, 2.45) is 0 Å². The van der Waals surface area contributed by atoms with Crippen LogP contribution in [0.4, 0.5) is 14.5 Å². The minimum absolute atomic E-state index is 0.281. The average molecular weight is 240 g/mol. The lowest BCUT2D eigenvalue weighted by molar-refractivity contribution is 0.163. The van der Waals surface area contributed by atoms with Crippen molar-refractivity contribution in [1.29, 1.82) is 0 Å². The van der Waals surface area contributed by atoms with Gasteiger partial charge in [-0.1, -0.05) is 18.2 Å². The lowest BCUT2D eigenvalue weighted by Crippen LogP contribution is -2.29. The van der Waals surface area contributed by atoms with E-state index in [9.17, 15) is 8.78 Å². The smallest absolute Gasteiger partial charge is 0.255 e. The van der Waals surface area contributed by atoms with Gasteiger partial charge < -0.3 is 10.6 Å². The molecule has 1 aliphatic heterocycles. The van der Waals surface area contributed by atoms with E-state index in [4.69, 9.17) is 0 Å². The highest BCUT2D eigenvalue weighted by atomic mass is 19.3. The van der Waals surface area contributed by atoms with Crippen molar-refractivity contribution in [3.8, 4) is 0 Å². The molecule has 1 heterocycles. The first-order valence-electron chi connectivity index (χ1n) is 6.09. The van der Waals surface area contributed by atoms with Crippen LogP contribution >= 0.6 is 0 Å². The Morgan fingerprint density at radius 3 is 2.88 bits per heavy atom. The van der Waals surface area contributed by atoms with Crippen molar-refractivity contribution in [1.82, 2.24) is 5.32 Å². The van der Waals surface area contributed by atoms with Crippen LogP contribution in [0.15, 0.2) is 24.3 Å². The van der Waals surface area contributed by atoms with Gasteiger partial charge in [-0.2, -0.15) is 0 Å². The van der Waals surface area contributed by atoms with Crippen LogP contribution in [-0.2, 0) is 0 Å². The zero-order valence-electron chi connectivity index (χ0n) is 9.76. The molecule has 0 amide bonds. The summed E-state index contributed by atoms with van der Waals surface area (Å²) in [7, 11) is 0. The van der Waals surface area contributed by atoms with Crippen LogP contribution in [-0.4, -0.2) is 26.1 Å². The van der Waals surface area contributed by atoms with Crippen LogP contribution in [0.2, 0.25) is 0 Å². The summed E-state index contributed by atoms with van der Waals surface area (Å²) in [5.41, 5.74) is 2.00. The van der Waals surface area contributed by atoms with E-state index in [-0.39, 0.29) is 6.54 Å². The molecular formula is C13H18F2N2. The van der Waals surface area contributed by atoms with Gasteiger partial charge in [-0.25, -0.2) is 8.78 Å². The van der Waals surface area contributed by atoms with Crippen LogP contribution in [0, 0.1) is 0 Å². The first-order chi connectivity index (χ1) is 8.27. The van der Waals surface area contributed by atoms with Crippen LogP contribution in [0.1, 0.15) is 24.3 Å². The Balaban J connectivity index is 2.09. The fourth-order valence-electron chi connectivity index (χ4n) is 2.32. The van der Waals surface area contributed by atoms with Crippen LogP contribution in [0.3, 0.4) is 0 Å². The standard InChI is InChI=1S/C13H18F2N2/c14-13(15)9-17-12-6-2-1-5-11(12)10-4-3-7-16-8-10/h1-2,5-6,10,13,16-17H,3-4,7-9H2. The summed E-state index contributed by atoms with van der Waals surface area (Å²) in [6.07, 6.45) is -0.0404. The number of rotatable bonds is 4. The van der Waals surface area contributed by atoms with Gasteiger partial charge >= 0.3 is 0 Å². The lowest BCUT2D eigenvalue weighted by Gasteiger charge is -2.25. The number of hydrogen-bond donors (Lipinski definition) is 2. The van der Waals surface area contributed by atoms with Gasteiger partial charge in [-0.15, -0.1) is 0 Å². The van der Waals surface area contributed by atoms with Crippen molar-refractivity contribution >= 4 is 5.69 Å². The molecule has 2 rings (SSSR count). The van der Waals surface area contributed by atoms with E-state index in [0.29, 0.717) is 5.92 Å². The Bertz CT molecular complexity index is 349. The summed E-state index contributed by atoms with van der Waals surface area (Å²) in [5.74, 6) is 0.435. The number of para-hydroxylation sites is 1. The Morgan fingerprint density at radius 1 is 1.35 bits per heavy atom. The minimum Gasteiger partial charge on any atom is -0.379 e. The third-order valence-corrected chi connectivity index (χ3v) is 3.14. The molecule has 1 unspecified atom stereocenters. The Labute approximate surface area is 100 Å². The van der Waals surface area contributed by atoms with E-state index in [1.165, 1.54) is 0 Å². The zero-order chi connectivity index (χ0) is 12.1. The number of alkyl halides is 2. The molecule has 0 aliphatic carbocycles. The second kappa shape index (κ2) is 5.96. The van der Waals surface area contributed by atoms with Gasteiger partial charge in [0.25, 0.3) is 6.43 Å². The Kier molecular flexibility index (Phi) is 4.31. The molecule has 1 aromatic rings. The molecule has 1 atom stereocenters. The number of benzene rings is 1. The largest absolute Gasteiger partial charge is 0.379 e. The topological polar surface area (TPSA) is 24.1 Å². The van der Waals surface area contributed by atoms with E-state index in [0.717, 1.165) is 37.2 Å². The first kappa shape index (κ1) is 12.3. The third-order valence-electron chi connectivity index (χ3n) is 3.14. The Hall–Kier alpha value is -1.16. The predicted octanol–water partition coefficient (Wildman–Crippen LogP) is 2.83. The fourth-order valence-corrected chi connectivity index (χ4v) is 2.32. The number of halogens is 2. The van der Waals surface area contributed by atoms with Crippen molar-refractivity contribution in [3.63, 3.8) is 0 Å². The van der Waals surface area contributed by atoms with Gasteiger partial charge in [0.05, 0.1) is 6.54 Å². The summed E-state index contributed by atoms with van der Waals surface area (Å²) >= 11 is 0. The highest BCUT2D eigenvalue weighted by molar-refractivity contribution is 5.53. The molecule has 2 N–H and O–H groups in total. The maximum Gasteiger partial charge on any atom is 0.255 e. The molecule has 2 nitrogen and oxygen atoms in total. The normalized spacial score (nSPS) is 20.5. The van der Waals surface area contributed by atoms with E-state index in [2.05, 4.69) is 10.6 Å². The van der Waals surface area contributed by atoms with Gasteiger partial charge in [0.1, 0.15) is 0 Å². The molecule has 0 aromatic heterocycles. The molecule has 0 saturated carbocycles. The van der Waals surface area contributed by atoms with Gasteiger partial charge in [-0.05, 0) is 36.9 Å². The van der Waals surface area contributed by atoms with Gasteiger partial charge in [-0.3, -0.25) is 0 Å². The maximum absolute atomic E-state index is 12.2. The molecule has 0 spiro atoms. The van der Waals surface area contributed by atoms with Crippen LogP contribution in [0.5, 0.6) is 0 Å². The van der Waals surface area contributed by atoms with E-state index in [1.807, 2.05) is 24.3 Å². The molecule has 17 heavy (non-hydrogen) atoms. The molecule has 0 radical (unpaired) electrons. The summed E-state index contributed by atoms with van der Waals surface area (Å²) in [4.78, 5) is 0. The highest BCUT2D eigenvalue weighted by Crippen LogP contribution is 2.29. The molecular weight excluding hydrogens is 222 g/mol. The van der Waals surface area contributed by atoms with Crippen LogP contribution in [0.25, 0.3) is 0 Å². The number of nitrogens with one attached hydrogen (secondary N) is 2. The SMILES string of the molecule is FC(F)CNc1ccccc1C1CCCNC1. The molecule has 4 heteroatoms. The molecule has 1 saturated heterocycles. The third kappa shape index (κ3) is 3.40. The summed E-state index contributed by atoms with van der Waals surface area (Å²) < 4.78 is 24.4. The number of hydrogen-bond acceptors (Lipinski definition) is 2. The molecule has 1 aliphatic rings. The molecule has 1 aromatic carbocycles. The van der Waals surface area contributed by atoms with Crippen LogP contribution < -0.4 is 10.6 Å². The summed E-state index contributed by atoms with van der Waals surface area (Å²) in [6.45, 7) is 1.72. The van der Waals surface area contributed by atoms with E-state index in [1.54, 1.807) is 0 Å². The van der Waals surface area contributed by atoms with Crippen molar-refractivity contribution in [2.75, 3.05) is 25.0 Å². The lowest BCUT2D eigenvalue weighted by atomic mass is 9.90. The van der Waals surface area contributed by atoms with Gasteiger partial charge in [0.15, 0.2) is 0 Å². The molecule has 0 bridgehead atoms. The molecule has 94 valence electrons. The summed E-state index contributed by atoms with van der Waals surface area (Å²) in [6, 6.07) is 7.77. The maximum atomic E-state index is 12.2. The number of anilines is 1. The highest BCUT2D eigenvalue weighted by Gasteiger charge is 2.18. The average Bonchev–Trinajstić information content (AvgIpc) is 2.38. The quantitative estimate of drug-likeness (QED) is 0.845. The van der Waals surface area contributed by atoms with Gasteiger partial charge in [0, 0.05) is 12.2 Å². The minimum atomic E-state index is -2.31. The first-order valence-corrected chi connectivity index (χ1v) is 6.09. The summed E-state index contributed by atoms with van der Waals surface area (Å²) in [5, 5.41) is 6.18. The second-order valence-corrected chi connectivity index (χ2v) is 4.40. The predicted molar refractivity (Wildman–Crippen MR) is 65.8 cm³/mol. The molecule has 1 fully saturated rings. The fraction of sp³-hybridized carbons (Fsp3) is 0.538. The zero-order valence-corrected chi connectivity index (χ0v) is 9.76. The van der Waals surface area contributed by atoms with Crippen molar-refractivity contribution in [2.45, 2.75) is 25.2 Å². The van der Waals surface area contributed by atoms with E-state index >= 15 is 0 Å². The monoisotopic (exact) mass is 240 g/mol. The second-order valence-electron chi connectivity index (χ2n) is 4.40.